The average molecular weight is 197 g/mol. The first-order valence-electron chi connectivity index (χ1n) is 3.60. The number of hydrogen-bond donors (Lipinski definition) is 0. The van der Waals surface area contributed by atoms with Gasteiger partial charge in [-0.1, -0.05) is 25.4 Å². The summed E-state index contributed by atoms with van der Waals surface area (Å²) in [6, 6.07) is 0. The molecule has 0 aromatic heterocycles. The number of rotatable bonds is 0. The Balaban J connectivity index is 2.82. The summed E-state index contributed by atoms with van der Waals surface area (Å²) in [4.78, 5) is 0. The minimum Gasteiger partial charge on any atom is -0.329 e. The highest BCUT2D eigenvalue weighted by atomic mass is 35.5. The smallest absolute Gasteiger partial charge is 0.157 e. The normalized spacial score (nSPS) is 37.4. The third-order valence-electron chi connectivity index (χ3n) is 2.57. The third kappa shape index (κ3) is 1.55. The van der Waals surface area contributed by atoms with Gasteiger partial charge in [0, 0.05) is 5.41 Å². The average Bonchev–Trinajstić information content (AvgIpc) is 1.84. The third-order valence-corrected chi connectivity index (χ3v) is 4.28. The van der Waals surface area contributed by atoms with Crippen LogP contribution >= 0.6 is 20.6 Å². The molecule has 0 aromatic rings. The van der Waals surface area contributed by atoms with E-state index in [9.17, 15) is 0 Å². The van der Waals surface area contributed by atoms with Crippen molar-refractivity contribution in [3.05, 3.63) is 0 Å². The minimum atomic E-state index is -0.246. The van der Waals surface area contributed by atoms with Crippen molar-refractivity contribution in [2.45, 2.75) is 38.9 Å². The van der Waals surface area contributed by atoms with Crippen molar-refractivity contribution < 1.29 is 9.05 Å². The fourth-order valence-electron chi connectivity index (χ4n) is 0.723. The highest BCUT2D eigenvalue weighted by Crippen LogP contribution is 2.50. The second-order valence-electron chi connectivity index (χ2n) is 3.85. The number of hydrogen-bond acceptors (Lipinski definition) is 2. The molecule has 1 rings (SSSR count). The first-order valence-corrected chi connectivity index (χ1v) is 4.86. The molecule has 1 heterocycles. The molecule has 1 saturated heterocycles. The molecular weight excluding hydrogens is 183 g/mol. The van der Waals surface area contributed by atoms with Crippen LogP contribution in [0.5, 0.6) is 0 Å². The van der Waals surface area contributed by atoms with Crippen molar-refractivity contribution in [1.29, 1.82) is 0 Å². The van der Waals surface area contributed by atoms with E-state index in [1.54, 1.807) is 0 Å². The van der Waals surface area contributed by atoms with E-state index in [-0.39, 0.29) is 25.6 Å². The molecule has 4 heteroatoms. The molecule has 1 aliphatic heterocycles. The molecule has 0 bridgehead atoms. The molecule has 2 nitrogen and oxygen atoms in total. The summed E-state index contributed by atoms with van der Waals surface area (Å²) in [5.41, 5.74) is -0.583. The topological polar surface area (TPSA) is 18.5 Å². The van der Waals surface area contributed by atoms with Crippen molar-refractivity contribution in [2.24, 2.45) is 5.41 Å². The SMILES string of the molecule is CC1(C)OPOC(Cl)C1(C)C. The van der Waals surface area contributed by atoms with Crippen LogP contribution < -0.4 is 0 Å². The molecule has 0 spiro atoms. The molecule has 66 valence electrons. The van der Waals surface area contributed by atoms with E-state index in [1.807, 2.05) is 27.7 Å². The van der Waals surface area contributed by atoms with Gasteiger partial charge in [0.15, 0.2) is 9.03 Å². The summed E-state index contributed by atoms with van der Waals surface area (Å²) in [5, 5.41) is 0. The maximum Gasteiger partial charge on any atom is 0.157 e. The Morgan fingerprint density at radius 1 is 1.27 bits per heavy atom. The molecule has 1 fully saturated rings. The van der Waals surface area contributed by atoms with E-state index in [0.29, 0.717) is 0 Å². The Hall–Kier alpha value is 0.640. The van der Waals surface area contributed by atoms with Crippen LogP contribution in [0.25, 0.3) is 0 Å². The molecule has 0 radical (unpaired) electrons. The van der Waals surface area contributed by atoms with Gasteiger partial charge in [-0.3, -0.25) is 0 Å². The first-order chi connectivity index (χ1) is 4.88. The van der Waals surface area contributed by atoms with Gasteiger partial charge < -0.3 is 9.05 Å². The van der Waals surface area contributed by atoms with E-state index < -0.39 is 0 Å². The van der Waals surface area contributed by atoms with Crippen molar-refractivity contribution >= 4 is 20.6 Å². The predicted octanol–water partition coefficient (Wildman–Crippen LogP) is 2.91. The molecule has 0 N–H and O–H groups in total. The molecule has 1 aliphatic rings. The van der Waals surface area contributed by atoms with E-state index in [4.69, 9.17) is 20.6 Å². The van der Waals surface area contributed by atoms with E-state index in [1.165, 1.54) is 0 Å². The lowest BCUT2D eigenvalue weighted by Crippen LogP contribution is -2.49. The van der Waals surface area contributed by atoms with Gasteiger partial charge in [0.1, 0.15) is 5.56 Å². The molecule has 0 amide bonds. The summed E-state index contributed by atoms with van der Waals surface area (Å²) >= 11 is 6.00. The molecule has 2 unspecified atom stereocenters. The standard InChI is InChI=1S/C7H14ClO2P/c1-6(2)5(8)9-11-10-7(6,3)4/h5,11H,1-4H3. The summed E-state index contributed by atoms with van der Waals surface area (Å²) in [5.74, 6) is 0. The van der Waals surface area contributed by atoms with Gasteiger partial charge in [0.25, 0.3) is 0 Å². The molecule has 0 aliphatic carbocycles. The molecule has 11 heavy (non-hydrogen) atoms. The maximum atomic E-state index is 6.00. The van der Waals surface area contributed by atoms with Crippen molar-refractivity contribution in [3.63, 3.8) is 0 Å². The summed E-state index contributed by atoms with van der Waals surface area (Å²) in [6.07, 6.45) is 0. The summed E-state index contributed by atoms with van der Waals surface area (Å²) < 4.78 is 10.7. The highest BCUT2D eigenvalue weighted by Gasteiger charge is 2.47. The Kier molecular flexibility index (Phi) is 2.52. The predicted molar refractivity (Wildman–Crippen MR) is 48.0 cm³/mol. The Morgan fingerprint density at radius 2 is 1.82 bits per heavy atom. The van der Waals surface area contributed by atoms with Crippen LogP contribution in [-0.2, 0) is 9.05 Å². The molecule has 2 atom stereocenters. The van der Waals surface area contributed by atoms with Crippen LogP contribution in [0.2, 0.25) is 0 Å². The maximum absolute atomic E-state index is 6.00. The Bertz CT molecular complexity index is 159. The fraction of sp³-hybridized carbons (Fsp3) is 1.00. The molecule has 0 saturated carbocycles. The Morgan fingerprint density at radius 3 is 2.18 bits per heavy atom. The highest BCUT2D eigenvalue weighted by molar-refractivity contribution is 7.26. The second kappa shape index (κ2) is 2.85. The number of alkyl halides is 1. The second-order valence-corrected chi connectivity index (χ2v) is 4.85. The van der Waals surface area contributed by atoms with E-state index >= 15 is 0 Å². The van der Waals surface area contributed by atoms with E-state index in [0.717, 1.165) is 0 Å². The molecule has 0 aromatic carbocycles. The van der Waals surface area contributed by atoms with Gasteiger partial charge >= 0.3 is 0 Å². The quantitative estimate of drug-likeness (QED) is 0.438. The monoisotopic (exact) mass is 196 g/mol. The van der Waals surface area contributed by atoms with Crippen LogP contribution in [0.1, 0.15) is 27.7 Å². The van der Waals surface area contributed by atoms with Crippen LogP contribution in [0.3, 0.4) is 0 Å². The zero-order valence-corrected chi connectivity index (χ0v) is 9.03. The van der Waals surface area contributed by atoms with Crippen molar-refractivity contribution in [3.8, 4) is 0 Å². The lowest BCUT2D eigenvalue weighted by molar-refractivity contribution is -0.0814. The van der Waals surface area contributed by atoms with Gasteiger partial charge in [0.2, 0.25) is 0 Å². The van der Waals surface area contributed by atoms with Gasteiger partial charge in [0.05, 0.1) is 5.60 Å². The Labute approximate surface area is 74.5 Å². The largest absolute Gasteiger partial charge is 0.329 e. The first kappa shape index (κ1) is 9.73. The van der Waals surface area contributed by atoms with Gasteiger partial charge in [-0.2, -0.15) is 0 Å². The van der Waals surface area contributed by atoms with Crippen LogP contribution in [-0.4, -0.2) is 11.2 Å². The fourth-order valence-corrected chi connectivity index (χ4v) is 1.99. The summed E-state index contributed by atoms with van der Waals surface area (Å²) in [6.45, 7) is 8.18. The van der Waals surface area contributed by atoms with Crippen LogP contribution in [0.4, 0.5) is 0 Å². The minimum absolute atomic E-state index is 0.0682. The lowest BCUT2D eigenvalue weighted by Gasteiger charge is -2.47. The van der Waals surface area contributed by atoms with Gasteiger partial charge in [-0.25, -0.2) is 0 Å². The molecular formula is C7H14ClO2P. The van der Waals surface area contributed by atoms with Gasteiger partial charge in [-0.15, -0.1) is 0 Å². The lowest BCUT2D eigenvalue weighted by atomic mass is 9.78. The summed E-state index contributed by atoms with van der Waals surface area (Å²) in [7, 11) is 0.0682. The van der Waals surface area contributed by atoms with Crippen molar-refractivity contribution in [1.82, 2.24) is 0 Å². The van der Waals surface area contributed by atoms with E-state index in [2.05, 4.69) is 0 Å². The zero-order chi connectivity index (χ0) is 8.70. The number of halogens is 1. The van der Waals surface area contributed by atoms with Crippen LogP contribution in [0, 0.1) is 5.41 Å². The van der Waals surface area contributed by atoms with Crippen molar-refractivity contribution in [2.75, 3.05) is 0 Å². The van der Waals surface area contributed by atoms with Crippen LogP contribution in [0.15, 0.2) is 0 Å². The van der Waals surface area contributed by atoms with Gasteiger partial charge in [-0.05, 0) is 13.8 Å². The zero-order valence-electron chi connectivity index (χ0n) is 7.27.